The average Bonchev–Trinajstić information content (AvgIpc) is 2.80. The molecule has 0 aromatic heterocycles. The number of esters is 1. The van der Waals surface area contributed by atoms with E-state index in [2.05, 4.69) is 5.32 Å². The lowest BCUT2D eigenvalue weighted by Crippen LogP contribution is -2.22. The van der Waals surface area contributed by atoms with Crippen LogP contribution in [0, 0.1) is 5.92 Å². The predicted molar refractivity (Wildman–Crippen MR) is 74.8 cm³/mol. The fourth-order valence-corrected chi connectivity index (χ4v) is 2.48. The molecule has 0 radical (unpaired) electrons. The lowest BCUT2D eigenvalue weighted by Gasteiger charge is -2.17. The highest BCUT2D eigenvalue weighted by molar-refractivity contribution is 6.42. The summed E-state index contributed by atoms with van der Waals surface area (Å²) in [4.78, 5) is 11.6. The number of nitrogens with one attached hydrogen (secondary N) is 1. The number of ether oxygens (including phenoxy) is 1. The third-order valence-electron chi connectivity index (χ3n) is 3.09. The first-order valence-electron chi connectivity index (χ1n) is 5.37. The third kappa shape index (κ3) is 3.09. The van der Waals surface area contributed by atoms with E-state index in [1.807, 2.05) is 12.1 Å². The first-order valence-corrected chi connectivity index (χ1v) is 6.12. The number of rotatable bonds is 2. The summed E-state index contributed by atoms with van der Waals surface area (Å²) in [5.41, 5.74) is 1.01. The van der Waals surface area contributed by atoms with Gasteiger partial charge in [0.1, 0.15) is 0 Å². The Kier molecular flexibility index (Phi) is 5.73. The topological polar surface area (TPSA) is 38.3 Å². The van der Waals surface area contributed by atoms with Crippen molar-refractivity contribution < 1.29 is 9.53 Å². The maximum absolute atomic E-state index is 11.6. The van der Waals surface area contributed by atoms with E-state index in [0.29, 0.717) is 16.6 Å². The Bertz CT molecular complexity index is 439. The number of halogens is 3. The van der Waals surface area contributed by atoms with Gasteiger partial charge in [-0.05, 0) is 17.7 Å². The van der Waals surface area contributed by atoms with Crippen LogP contribution < -0.4 is 5.32 Å². The van der Waals surface area contributed by atoms with Gasteiger partial charge in [0.25, 0.3) is 0 Å². The van der Waals surface area contributed by atoms with Crippen LogP contribution >= 0.6 is 35.6 Å². The standard InChI is InChI=1S/C12H13Cl2NO2.ClH/c1-17-12(16)9-6-15-5-8(9)7-2-3-10(13)11(14)4-7;/h2-4,8-9,15H,5-6H2,1H3;1H. The lowest BCUT2D eigenvalue weighted by atomic mass is 9.89. The molecule has 0 bridgehead atoms. The van der Waals surface area contributed by atoms with E-state index >= 15 is 0 Å². The molecule has 1 heterocycles. The summed E-state index contributed by atoms with van der Waals surface area (Å²) in [5.74, 6) is -0.250. The van der Waals surface area contributed by atoms with Crippen molar-refractivity contribution in [2.45, 2.75) is 5.92 Å². The van der Waals surface area contributed by atoms with Crippen molar-refractivity contribution in [1.29, 1.82) is 0 Å². The zero-order valence-electron chi connectivity index (χ0n) is 9.78. The van der Waals surface area contributed by atoms with E-state index in [9.17, 15) is 4.79 Å². The van der Waals surface area contributed by atoms with Crippen LogP contribution in [0.2, 0.25) is 10.0 Å². The number of carbonyl (C=O) groups is 1. The van der Waals surface area contributed by atoms with Crippen molar-refractivity contribution in [3.8, 4) is 0 Å². The molecule has 0 amide bonds. The minimum Gasteiger partial charge on any atom is -0.469 e. The van der Waals surface area contributed by atoms with E-state index in [4.69, 9.17) is 27.9 Å². The van der Waals surface area contributed by atoms with Crippen LogP contribution in [0.25, 0.3) is 0 Å². The maximum atomic E-state index is 11.6. The van der Waals surface area contributed by atoms with Crippen LogP contribution in [-0.4, -0.2) is 26.2 Å². The van der Waals surface area contributed by atoms with Gasteiger partial charge in [0.15, 0.2) is 0 Å². The molecule has 18 heavy (non-hydrogen) atoms. The molecule has 2 unspecified atom stereocenters. The van der Waals surface area contributed by atoms with E-state index < -0.39 is 0 Å². The Morgan fingerprint density at radius 2 is 2.06 bits per heavy atom. The fourth-order valence-electron chi connectivity index (χ4n) is 2.17. The molecule has 2 atom stereocenters. The molecule has 1 aromatic carbocycles. The molecule has 1 saturated heterocycles. The second kappa shape index (κ2) is 6.62. The van der Waals surface area contributed by atoms with Gasteiger partial charge in [0.2, 0.25) is 0 Å². The van der Waals surface area contributed by atoms with Crippen molar-refractivity contribution in [1.82, 2.24) is 5.32 Å². The highest BCUT2D eigenvalue weighted by Crippen LogP contribution is 2.32. The van der Waals surface area contributed by atoms with Gasteiger partial charge in [-0.1, -0.05) is 29.3 Å². The lowest BCUT2D eigenvalue weighted by molar-refractivity contribution is -0.145. The fraction of sp³-hybridized carbons (Fsp3) is 0.417. The monoisotopic (exact) mass is 309 g/mol. The number of methoxy groups -OCH3 is 1. The molecule has 1 aliphatic heterocycles. The van der Waals surface area contributed by atoms with Crippen LogP contribution in [0.5, 0.6) is 0 Å². The van der Waals surface area contributed by atoms with Crippen LogP contribution in [0.4, 0.5) is 0 Å². The van der Waals surface area contributed by atoms with Crippen LogP contribution in [0.1, 0.15) is 11.5 Å². The third-order valence-corrected chi connectivity index (χ3v) is 3.83. The summed E-state index contributed by atoms with van der Waals surface area (Å²) < 4.78 is 4.80. The molecule has 6 heteroatoms. The van der Waals surface area contributed by atoms with Crippen molar-refractivity contribution in [3.63, 3.8) is 0 Å². The second-order valence-electron chi connectivity index (χ2n) is 4.07. The van der Waals surface area contributed by atoms with Gasteiger partial charge in [-0.25, -0.2) is 0 Å². The van der Waals surface area contributed by atoms with E-state index in [1.54, 1.807) is 6.07 Å². The van der Waals surface area contributed by atoms with Crippen LogP contribution in [-0.2, 0) is 9.53 Å². The maximum Gasteiger partial charge on any atom is 0.310 e. The van der Waals surface area contributed by atoms with Gasteiger partial charge < -0.3 is 10.1 Å². The summed E-state index contributed by atoms with van der Waals surface area (Å²) in [6.07, 6.45) is 0. The van der Waals surface area contributed by atoms with Gasteiger partial charge in [0.05, 0.1) is 23.1 Å². The summed E-state index contributed by atoms with van der Waals surface area (Å²) >= 11 is 11.9. The van der Waals surface area contributed by atoms with Gasteiger partial charge >= 0.3 is 5.97 Å². The minimum atomic E-state index is -0.189. The van der Waals surface area contributed by atoms with Crippen molar-refractivity contribution in [2.24, 2.45) is 5.92 Å². The molecule has 1 aliphatic rings. The summed E-state index contributed by atoms with van der Waals surface area (Å²) in [7, 11) is 1.41. The Balaban J connectivity index is 0.00000162. The zero-order chi connectivity index (χ0) is 12.4. The van der Waals surface area contributed by atoms with Crippen molar-refractivity contribution in [2.75, 3.05) is 20.2 Å². The zero-order valence-corrected chi connectivity index (χ0v) is 12.1. The Morgan fingerprint density at radius 1 is 1.33 bits per heavy atom. The molecule has 100 valence electrons. The van der Waals surface area contributed by atoms with Gasteiger partial charge in [0, 0.05) is 19.0 Å². The smallest absolute Gasteiger partial charge is 0.310 e. The largest absolute Gasteiger partial charge is 0.469 e. The quantitative estimate of drug-likeness (QED) is 0.854. The molecule has 3 nitrogen and oxygen atoms in total. The molecule has 2 rings (SSSR count). The van der Waals surface area contributed by atoms with E-state index in [0.717, 1.165) is 12.1 Å². The first kappa shape index (κ1) is 15.6. The summed E-state index contributed by atoms with van der Waals surface area (Å²) in [6, 6.07) is 5.48. The second-order valence-corrected chi connectivity index (χ2v) is 4.88. The molecule has 1 fully saturated rings. The molecule has 0 spiro atoms. The Labute approximate surface area is 122 Å². The molecular formula is C12H14Cl3NO2. The normalized spacial score (nSPS) is 22.4. The van der Waals surface area contributed by atoms with Gasteiger partial charge in [-0.3, -0.25) is 4.79 Å². The summed E-state index contributed by atoms with van der Waals surface area (Å²) in [5, 5.41) is 4.23. The number of benzene rings is 1. The number of hydrogen-bond donors (Lipinski definition) is 1. The highest BCUT2D eigenvalue weighted by atomic mass is 35.5. The van der Waals surface area contributed by atoms with Crippen molar-refractivity contribution >= 4 is 41.6 Å². The Morgan fingerprint density at radius 3 is 2.67 bits per heavy atom. The number of carbonyl (C=O) groups excluding carboxylic acids is 1. The van der Waals surface area contributed by atoms with E-state index in [-0.39, 0.29) is 30.2 Å². The molecule has 1 aromatic rings. The first-order chi connectivity index (χ1) is 8.13. The molecule has 1 N–H and O–H groups in total. The Hall–Kier alpha value is -0.480. The van der Waals surface area contributed by atoms with Gasteiger partial charge in [-0.15, -0.1) is 12.4 Å². The minimum absolute atomic E-state index is 0. The van der Waals surface area contributed by atoms with Crippen LogP contribution in [0.15, 0.2) is 18.2 Å². The highest BCUT2D eigenvalue weighted by Gasteiger charge is 2.34. The molecule has 0 aliphatic carbocycles. The molecule has 0 saturated carbocycles. The van der Waals surface area contributed by atoms with E-state index in [1.165, 1.54) is 7.11 Å². The van der Waals surface area contributed by atoms with Crippen molar-refractivity contribution in [3.05, 3.63) is 33.8 Å². The molecular weight excluding hydrogens is 296 g/mol. The van der Waals surface area contributed by atoms with Crippen LogP contribution in [0.3, 0.4) is 0 Å². The average molecular weight is 311 g/mol. The van der Waals surface area contributed by atoms with Gasteiger partial charge in [-0.2, -0.15) is 0 Å². The SMILES string of the molecule is COC(=O)C1CNCC1c1ccc(Cl)c(Cl)c1.Cl. The predicted octanol–water partition coefficient (Wildman–Crippen LogP) is 2.89. The summed E-state index contributed by atoms with van der Waals surface area (Å²) in [6.45, 7) is 1.38. The number of hydrogen-bond acceptors (Lipinski definition) is 3.